The summed E-state index contributed by atoms with van der Waals surface area (Å²) >= 11 is 0. The quantitative estimate of drug-likeness (QED) is 0.147. The lowest BCUT2D eigenvalue weighted by Gasteiger charge is -2.29. The van der Waals surface area contributed by atoms with Crippen molar-refractivity contribution < 1.29 is 0 Å². The molecule has 1 nitrogen and oxygen atoms in total. The Labute approximate surface area is 428 Å². The minimum atomic E-state index is -0.0825. The van der Waals surface area contributed by atoms with Gasteiger partial charge in [0.05, 0.1) is 5.69 Å². The molecule has 12 aromatic rings. The molecule has 0 radical (unpaired) electrons. The summed E-state index contributed by atoms with van der Waals surface area (Å²) < 4.78 is 0. The Hall–Kier alpha value is -9.04. The topological polar surface area (TPSA) is 3.24 Å². The molecule has 1 atom stereocenters. The number of rotatable bonds is 8. The second-order valence-electron chi connectivity index (χ2n) is 20.3. The lowest BCUT2D eigenvalue weighted by Crippen LogP contribution is -2.15. The maximum atomic E-state index is 2.47. The normalized spacial score (nSPS) is 13.9. The first-order valence-corrected chi connectivity index (χ1v) is 25.6. The summed E-state index contributed by atoms with van der Waals surface area (Å²) in [4.78, 5) is 2.47. The third-order valence-electron chi connectivity index (χ3n) is 16.0. The fourth-order valence-electron chi connectivity index (χ4n) is 12.5. The van der Waals surface area contributed by atoms with Crippen LogP contribution in [-0.4, -0.2) is 0 Å². The Balaban J connectivity index is 0.932. The van der Waals surface area contributed by atoms with Crippen LogP contribution in [0.5, 0.6) is 0 Å². The number of hydrogen-bond acceptors (Lipinski definition) is 1. The van der Waals surface area contributed by atoms with Gasteiger partial charge >= 0.3 is 0 Å². The number of fused-ring (bicyclic) bond motifs is 8. The average Bonchev–Trinajstić information content (AvgIpc) is 3.91. The molecule has 0 aliphatic heterocycles. The van der Waals surface area contributed by atoms with E-state index in [1.807, 2.05) is 0 Å². The molecule has 2 aliphatic carbocycles. The molecule has 0 heterocycles. The van der Waals surface area contributed by atoms with Gasteiger partial charge in [-0.15, -0.1) is 0 Å². The fraction of sp³-hybridized carbons (Fsp3) is 0.0556. The number of nitrogens with zero attached hydrogens (tertiary/aromatic N) is 1. The molecule has 14 rings (SSSR count). The first-order chi connectivity index (χ1) is 36.0. The van der Waals surface area contributed by atoms with Crippen molar-refractivity contribution in [2.45, 2.75) is 25.2 Å². The highest BCUT2D eigenvalue weighted by atomic mass is 15.1. The Bertz CT molecular complexity index is 4090. The molecule has 1 unspecified atom stereocenters. The predicted octanol–water partition coefficient (Wildman–Crippen LogP) is 19.6. The Kier molecular flexibility index (Phi) is 10.0. The van der Waals surface area contributed by atoms with Crippen LogP contribution in [0, 0.1) is 0 Å². The van der Waals surface area contributed by atoms with Gasteiger partial charge in [-0.05, 0) is 147 Å². The summed E-state index contributed by atoms with van der Waals surface area (Å²) in [6.45, 7) is 4.71. The van der Waals surface area contributed by atoms with Crippen LogP contribution in [0.1, 0.15) is 47.6 Å². The predicted molar refractivity (Wildman–Crippen MR) is 308 cm³/mol. The van der Waals surface area contributed by atoms with Gasteiger partial charge in [0, 0.05) is 28.1 Å². The standard InChI is InChI=1S/C72H51N/c1-72(2)67-32-17-16-28-60(67)65-46-53(38-43-68(65)72)73(52-36-33-49(34-37-52)47-19-6-3-7-20-47)69-44-42-59(56-26-14-15-29-61(56)69)58-40-41-62(57-27-13-12-25-55(57)58)71-63-39-35-51(48-21-8-4-9-22-48)45-66(63)70-54(30-18-31-64(70)71)50-23-10-5-11-24-50/h3-46,71H,1-2H3. The van der Waals surface area contributed by atoms with Crippen molar-refractivity contribution in [2.75, 3.05) is 4.90 Å². The van der Waals surface area contributed by atoms with E-state index in [-0.39, 0.29) is 11.3 Å². The Morgan fingerprint density at radius 3 is 1.53 bits per heavy atom. The summed E-state index contributed by atoms with van der Waals surface area (Å²) in [5, 5.41) is 4.94. The first kappa shape index (κ1) is 42.8. The zero-order valence-electron chi connectivity index (χ0n) is 40.9. The summed E-state index contributed by atoms with van der Waals surface area (Å²) in [6, 6.07) is 99.2. The van der Waals surface area contributed by atoms with Crippen molar-refractivity contribution in [1.82, 2.24) is 0 Å². The van der Waals surface area contributed by atoms with Crippen molar-refractivity contribution in [3.05, 3.63) is 295 Å². The largest absolute Gasteiger partial charge is 0.310 e. The zero-order valence-corrected chi connectivity index (χ0v) is 40.9. The van der Waals surface area contributed by atoms with Gasteiger partial charge in [0.2, 0.25) is 0 Å². The van der Waals surface area contributed by atoms with Crippen LogP contribution in [0.25, 0.3) is 88.3 Å². The van der Waals surface area contributed by atoms with Gasteiger partial charge in [-0.1, -0.05) is 244 Å². The lowest BCUT2D eigenvalue weighted by molar-refractivity contribution is 0.660. The molecule has 344 valence electrons. The van der Waals surface area contributed by atoms with Gasteiger partial charge in [-0.2, -0.15) is 0 Å². The van der Waals surface area contributed by atoms with Crippen LogP contribution in [0.2, 0.25) is 0 Å². The second-order valence-corrected chi connectivity index (χ2v) is 20.3. The van der Waals surface area contributed by atoms with Crippen LogP contribution < -0.4 is 4.90 Å². The molecule has 0 bridgehead atoms. The summed E-state index contributed by atoms with van der Waals surface area (Å²) in [6.07, 6.45) is 0. The van der Waals surface area contributed by atoms with E-state index in [1.165, 1.54) is 116 Å². The summed E-state index contributed by atoms with van der Waals surface area (Å²) in [5.74, 6) is 0.0586. The third kappa shape index (κ3) is 6.91. The molecular weight excluding hydrogens is 879 g/mol. The molecule has 0 spiro atoms. The second kappa shape index (κ2) is 17.1. The molecule has 0 amide bonds. The average molecular weight is 930 g/mol. The van der Waals surface area contributed by atoms with Gasteiger partial charge in [-0.3, -0.25) is 0 Å². The number of anilines is 3. The highest BCUT2D eigenvalue weighted by Gasteiger charge is 2.36. The van der Waals surface area contributed by atoms with Gasteiger partial charge in [0.1, 0.15) is 0 Å². The van der Waals surface area contributed by atoms with Crippen molar-refractivity contribution >= 4 is 38.6 Å². The maximum Gasteiger partial charge on any atom is 0.0540 e. The third-order valence-corrected chi connectivity index (χ3v) is 16.0. The fourth-order valence-corrected chi connectivity index (χ4v) is 12.5. The minimum Gasteiger partial charge on any atom is -0.310 e. The summed E-state index contributed by atoms with van der Waals surface area (Å²) in [7, 11) is 0. The monoisotopic (exact) mass is 929 g/mol. The van der Waals surface area contributed by atoms with E-state index in [9.17, 15) is 0 Å². The van der Waals surface area contributed by atoms with Crippen LogP contribution >= 0.6 is 0 Å². The van der Waals surface area contributed by atoms with Crippen LogP contribution in [0.15, 0.2) is 267 Å². The highest BCUT2D eigenvalue weighted by Crippen LogP contribution is 2.55. The summed E-state index contributed by atoms with van der Waals surface area (Å²) in [5.41, 5.74) is 25.2. The number of benzene rings is 12. The molecule has 0 fully saturated rings. The SMILES string of the molecule is CC1(C)c2ccccc2-c2cc(N(c3ccc(-c4ccccc4)cc3)c3ccc(-c4ccc(C5c6ccc(-c7ccccc7)cc6-c6c(-c7ccccc7)cccc65)c5ccccc45)c4ccccc34)ccc21. The smallest absolute Gasteiger partial charge is 0.0540 e. The highest BCUT2D eigenvalue weighted by molar-refractivity contribution is 6.11. The van der Waals surface area contributed by atoms with E-state index in [4.69, 9.17) is 0 Å². The van der Waals surface area contributed by atoms with Crippen molar-refractivity contribution in [2.24, 2.45) is 0 Å². The Morgan fingerprint density at radius 2 is 0.808 bits per heavy atom. The molecular formula is C72H51N. The molecule has 73 heavy (non-hydrogen) atoms. The van der Waals surface area contributed by atoms with Crippen LogP contribution in [-0.2, 0) is 5.41 Å². The van der Waals surface area contributed by atoms with Gasteiger partial charge in [0.25, 0.3) is 0 Å². The molecule has 0 saturated carbocycles. The van der Waals surface area contributed by atoms with Crippen molar-refractivity contribution in [1.29, 1.82) is 0 Å². The van der Waals surface area contributed by atoms with Gasteiger partial charge in [-0.25, -0.2) is 0 Å². The van der Waals surface area contributed by atoms with E-state index in [0.29, 0.717) is 0 Å². The van der Waals surface area contributed by atoms with Crippen LogP contribution in [0.4, 0.5) is 17.1 Å². The lowest BCUT2D eigenvalue weighted by atomic mass is 9.82. The molecule has 2 aliphatic rings. The maximum absolute atomic E-state index is 2.47. The molecule has 12 aromatic carbocycles. The van der Waals surface area contributed by atoms with E-state index >= 15 is 0 Å². The minimum absolute atomic E-state index is 0.0586. The zero-order chi connectivity index (χ0) is 48.6. The first-order valence-electron chi connectivity index (χ1n) is 25.6. The van der Waals surface area contributed by atoms with E-state index < -0.39 is 0 Å². The molecule has 0 saturated heterocycles. The van der Waals surface area contributed by atoms with E-state index in [0.717, 1.165) is 17.1 Å². The number of hydrogen-bond donors (Lipinski definition) is 0. The molecule has 0 N–H and O–H groups in total. The van der Waals surface area contributed by atoms with Gasteiger partial charge in [0.15, 0.2) is 0 Å². The van der Waals surface area contributed by atoms with Crippen LogP contribution in [0.3, 0.4) is 0 Å². The Morgan fingerprint density at radius 1 is 0.288 bits per heavy atom. The van der Waals surface area contributed by atoms with Crippen molar-refractivity contribution in [3.63, 3.8) is 0 Å². The van der Waals surface area contributed by atoms with E-state index in [2.05, 4.69) is 286 Å². The molecule has 1 heteroatoms. The molecule has 0 aromatic heterocycles. The van der Waals surface area contributed by atoms with E-state index in [1.54, 1.807) is 0 Å². The van der Waals surface area contributed by atoms with Crippen molar-refractivity contribution in [3.8, 4) is 66.8 Å². The van der Waals surface area contributed by atoms with Gasteiger partial charge < -0.3 is 4.90 Å².